The number of hydrogen-bond acceptors (Lipinski definition) is 7. The van der Waals surface area contributed by atoms with Gasteiger partial charge in [-0.25, -0.2) is 0 Å². The van der Waals surface area contributed by atoms with Crippen LogP contribution in [0.15, 0.2) is 40.9 Å². The van der Waals surface area contributed by atoms with Gasteiger partial charge in [0, 0.05) is 32.3 Å². The predicted molar refractivity (Wildman–Crippen MR) is 115 cm³/mol. The molecule has 2 aromatic heterocycles. The minimum atomic E-state index is -0.536. The number of aryl methyl sites for hydroxylation is 2. The van der Waals surface area contributed by atoms with Crippen molar-refractivity contribution in [3.63, 3.8) is 0 Å². The van der Waals surface area contributed by atoms with Crippen molar-refractivity contribution in [1.82, 2.24) is 14.7 Å². The second kappa shape index (κ2) is 9.33. The Morgan fingerprint density at radius 3 is 2.66 bits per heavy atom. The first-order chi connectivity index (χ1) is 15.2. The molecule has 3 aromatic rings. The SMILES string of the molecule is CCn1ncc(NC(=O)c2ccc(COc3ccc([N+](=O)[O-])c(C)c3)o2)c1C(=O)N(C)C. The van der Waals surface area contributed by atoms with E-state index in [9.17, 15) is 19.7 Å². The quantitative estimate of drug-likeness (QED) is 0.419. The topological polar surface area (TPSA) is 133 Å². The van der Waals surface area contributed by atoms with Gasteiger partial charge in [0.15, 0.2) is 5.76 Å². The zero-order valence-electron chi connectivity index (χ0n) is 18.1. The van der Waals surface area contributed by atoms with Gasteiger partial charge in [0.05, 0.1) is 16.8 Å². The van der Waals surface area contributed by atoms with Crippen molar-refractivity contribution in [2.75, 3.05) is 19.4 Å². The zero-order valence-corrected chi connectivity index (χ0v) is 18.1. The largest absolute Gasteiger partial charge is 0.486 e. The molecule has 2 amide bonds. The van der Waals surface area contributed by atoms with Gasteiger partial charge in [-0.3, -0.25) is 24.4 Å². The summed E-state index contributed by atoms with van der Waals surface area (Å²) in [5.41, 5.74) is 1.04. The van der Waals surface area contributed by atoms with Crippen LogP contribution in [0, 0.1) is 17.0 Å². The summed E-state index contributed by atoms with van der Waals surface area (Å²) in [6.07, 6.45) is 1.42. The summed E-state index contributed by atoms with van der Waals surface area (Å²) in [5, 5.41) is 17.7. The van der Waals surface area contributed by atoms with Crippen molar-refractivity contribution in [1.29, 1.82) is 0 Å². The number of furan rings is 1. The molecule has 0 atom stereocenters. The number of nitro groups is 1. The van der Waals surface area contributed by atoms with Crippen molar-refractivity contribution in [2.24, 2.45) is 0 Å². The molecule has 1 N–H and O–H groups in total. The number of ether oxygens (including phenoxy) is 1. The first-order valence-corrected chi connectivity index (χ1v) is 9.76. The maximum Gasteiger partial charge on any atom is 0.291 e. The van der Waals surface area contributed by atoms with E-state index in [0.717, 1.165) is 0 Å². The second-order valence-electron chi connectivity index (χ2n) is 7.14. The summed E-state index contributed by atoms with van der Waals surface area (Å²) >= 11 is 0. The molecule has 0 saturated heterocycles. The lowest BCUT2D eigenvalue weighted by Crippen LogP contribution is -2.26. The fraction of sp³-hybridized carbons (Fsp3) is 0.286. The number of hydrogen-bond donors (Lipinski definition) is 1. The van der Waals surface area contributed by atoms with Crippen LogP contribution >= 0.6 is 0 Å². The molecule has 0 aliphatic heterocycles. The Morgan fingerprint density at radius 1 is 1.28 bits per heavy atom. The molecule has 0 spiro atoms. The van der Waals surface area contributed by atoms with E-state index in [1.54, 1.807) is 33.2 Å². The van der Waals surface area contributed by atoms with Crippen LogP contribution < -0.4 is 10.1 Å². The molecule has 168 valence electrons. The van der Waals surface area contributed by atoms with E-state index in [0.29, 0.717) is 23.6 Å². The number of benzene rings is 1. The van der Waals surface area contributed by atoms with Crippen LogP contribution in [0.3, 0.4) is 0 Å². The number of rotatable bonds is 8. The average Bonchev–Trinajstić information content (AvgIpc) is 3.38. The highest BCUT2D eigenvalue weighted by molar-refractivity contribution is 6.07. The molecule has 32 heavy (non-hydrogen) atoms. The van der Waals surface area contributed by atoms with E-state index in [2.05, 4.69) is 10.4 Å². The molecule has 1 aromatic carbocycles. The average molecular weight is 441 g/mol. The number of nitro benzene ring substituents is 1. The van der Waals surface area contributed by atoms with Gasteiger partial charge < -0.3 is 19.4 Å². The van der Waals surface area contributed by atoms with Gasteiger partial charge in [0.1, 0.15) is 23.8 Å². The van der Waals surface area contributed by atoms with Crippen LogP contribution in [0.1, 0.15) is 39.3 Å². The molecule has 0 bridgehead atoms. The fourth-order valence-electron chi connectivity index (χ4n) is 2.99. The van der Waals surface area contributed by atoms with Crippen LogP contribution in [-0.2, 0) is 13.2 Å². The third-order valence-corrected chi connectivity index (χ3v) is 4.63. The van der Waals surface area contributed by atoms with E-state index in [1.807, 2.05) is 6.92 Å². The first kappa shape index (κ1) is 22.5. The Balaban J connectivity index is 1.68. The van der Waals surface area contributed by atoms with Crippen molar-refractivity contribution in [3.05, 3.63) is 69.4 Å². The van der Waals surface area contributed by atoms with Gasteiger partial charge in [-0.15, -0.1) is 0 Å². The van der Waals surface area contributed by atoms with Crippen LogP contribution in [0.4, 0.5) is 11.4 Å². The number of anilines is 1. The first-order valence-electron chi connectivity index (χ1n) is 9.76. The Morgan fingerprint density at radius 2 is 2.03 bits per heavy atom. The summed E-state index contributed by atoms with van der Waals surface area (Å²) in [7, 11) is 3.23. The van der Waals surface area contributed by atoms with Gasteiger partial charge in [-0.05, 0) is 38.1 Å². The van der Waals surface area contributed by atoms with Gasteiger partial charge in [-0.1, -0.05) is 0 Å². The van der Waals surface area contributed by atoms with E-state index in [4.69, 9.17) is 9.15 Å². The summed E-state index contributed by atoms with van der Waals surface area (Å²) in [6, 6.07) is 7.51. The molecule has 2 heterocycles. The maximum absolute atomic E-state index is 12.6. The molecule has 0 saturated carbocycles. The summed E-state index contributed by atoms with van der Waals surface area (Å²) in [6.45, 7) is 3.96. The van der Waals surface area contributed by atoms with Crippen molar-refractivity contribution in [3.8, 4) is 5.75 Å². The summed E-state index contributed by atoms with van der Waals surface area (Å²) < 4.78 is 12.7. The molecule has 11 heteroatoms. The molecular weight excluding hydrogens is 418 g/mol. The highest BCUT2D eigenvalue weighted by Crippen LogP contribution is 2.24. The number of carbonyl (C=O) groups is 2. The molecular formula is C21H23N5O6. The molecule has 0 unspecified atom stereocenters. The van der Waals surface area contributed by atoms with Crippen molar-refractivity contribution in [2.45, 2.75) is 27.0 Å². The molecule has 0 aliphatic rings. The monoisotopic (exact) mass is 441 g/mol. The standard InChI is InChI=1S/C21H23N5O6/c1-5-25-19(21(28)24(3)4)16(11-22-25)23-20(27)18-9-7-15(32-18)12-31-14-6-8-17(26(29)30)13(2)10-14/h6-11H,5,12H2,1-4H3,(H,23,27). The van der Waals surface area contributed by atoms with Crippen molar-refractivity contribution >= 4 is 23.2 Å². The lowest BCUT2D eigenvalue weighted by molar-refractivity contribution is -0.385. The van der Waals surface area contributed by atoms with Gasteiger partial charge in [0.2, 0.25) is 0 Å². The van der Waals surface area contributed by atoms with E-state index >= 15 is 0 Å². The van der Waals surface area contributed by atoms with Crippen LogP contribution in [0.2, 0.25) is 0 Å². The summed E-state index contributed by atoms with van der Waals surface area (Å²) in [4.78, 5) is 36.9. The number of carbonyl (C=O) groups excluding carboxylic acids is 2. The summed E-state index contributed by atoms with van der Waals surface area (Å²) in [5.74, 6) is 0.0442. The highest BCUT2D eigenvalue weighted by atomic mass is 16.6. The van der Waals surface area contributed by atoms with E-state index in [1.165, 1.54) is 34.0 Å². The van der Waals surface area contributed by atoms with Crippen LogP contribution in [0.5, 0.6) is 5.75 Å². The third-order valence-electron chi connectivity index (χ3n) is 4.63. The minimum absolute atomic E-state index is 0.00724. The Hall–Kier alpha value is -4.15. The Labute approximate surface area is 183 Å². The fourth-order valence-corrected chi connectivity index (χ4v) is 2.99. The predicted octanol–water partition coefficient (Wildman–Crippen LogP) is 3.25. The lowest BCUT2D eigenvalue weighted by Gasteiger charge is -2.13. The lowest BCUT2D eigenvalue weighted by atomic mass is 10.2. The number of nitrogens with zero attached hydrogens (tertiary/aromatic N) is 4. The maximum atomic E-state index is 12.6. The highest BCUT2D eigenvalue weighted by Gasteiger charge is 2.22. The molecule has 3 rings (SSSR count). The normalized spacial score (nSPS) is 10.6. The smallest absolute Gasteiger partial charge is 0.291 e. The number of nitrogens with one attached hydrogen (secondary N) is 1. The molecule has 0 radical (unpaired) electrons. The molecule has 0 fully saturated rings. The zero-order chi connectivity index (χ0) is 23.4. The molecule has 0 aliphatic carbocycles. The van der Waals surface area contributed by atoms with E-state index in [-0.39, 0.29) is 35.3 Å². The Kier molecular flexibility index (Phi) is 6.57. The minimum Gasteiger partial charge on any atom is -0.486 e. The van der Waals surface area contributed by atoms with Crippen molar-refractivity contribution < 1.29 is 23.7 Å². The number of amides is 2. The van der Waals surface area contributed by atoms with Gasteiger partial charge >= 0.3 is 0 Å². The van der Waals surface area contributed by atoms with Gasteiger partial charge in [-0.2, -0.15) is 5.10 Å². The third kappa shape index (κ3) is 4.77. The van der Waals surface area contributed by atoms with Gasteiger partial charge in [0.25, 0.3) is 17.5 Å². The van der Waals surface area contributed by atoms with E-state index < -0.39 is 10.8 Å². The second-order valence-corrected chi connectivity index (χ2v) is 7.14. The van der Waals surface area contributed by atoms with Crippen LogP contribution in [0.25, 0.3) is 0 Å². The Bertz CT molecular complexity index is 1160. The van der Waals surface area contributed by atoms with Crippen LogP contribution in [-0.4, -0.2) is 45.5 Å². The number of aromatic nitrogens is 2. The molecule has 11 nitrogen and oxygen atoms in total.